The van der Waals surface area contributed by atoms with Crippen molar-refractivity contribution in [3.63, 3.8) is 0 Å². The smallest absolute Gasteiger partial charge is 0.242 e. The van der Waals surface area contributed by atoms with Crippen molar-refractivity contribution in [2.75, 3.05) is 26.7 Å². The summed E-state index contributed by atoms with van der Waals surface area (Å²) in [5, 5.41) is 0. The van der Waals surface area contributed by atoms with Gasteiger partial charge in [-0.1, -0.05) is 30.3 Å². The number of carbonyl (C=O) groups is 2. The summed E-state index contributed by atoms with van der Waals surface area (Å²) < 4.78 is 5.86. The molecule has 2 fully saturated rings. The second-order valence-electron chi connectivity index (χ2n) is 6.85. The first-order chi connectivity index (χ1) is 11.6. The summed E-state index contributed by atoms with van der Waals surface area (Å²) in [6, 6.07) is 10.4. The van der Waals surface area contributed by atoms with E-state index in [4.69, 9.17) is 4.74 Å². The molecular formula is C19H26N2O3. The van der Waals surface area contributed by atoms with E-state index in [-0.39, 0.29) is 30.0 Å². The maximum atomic E-state index is 12.6. The van der Waals surface area contributed by atoms with Crippen LogP contribution in [0.4, 0.5) is 0 Å². The molecule has 0 bridgehead atoms. The molecule has 2 saturated heterocycles. The second-order valence-corrected chi connectivity index (χ2v) is 6.85. The van der Waals surface area contributed by atoms with Crippen molar-refractivity contribution in [3.05, 3.63) is 35.9 Å². The molecule has 1 aromatic rings. The number of likely N-dealkylation sites (tertiary alicyclic amines) is 2. The lowest BCUT2D eigenvalue weighted by molar-refractivity contribution is -0.143. The Bertz CT molecular complexity index is 594. The van der Waals surface area contributed by atoms with Gasteiger partial charge >= 0.3 is 0 Å². The molecule has 0 spiro atoms. The van der Waals surface area contributed by atoms with Crippen molar-refractivity contribution >= 4 is 11.8 Å². The summed E-state index contributed by atoms with van der Waals surface area (Å²) in [6.45, 7) is 3.56. The third-order valence-electron chi connectivity index (χ3n) is 5.55. The van der Waals surface area contributed by atoms with Gasteiger partial charge in [0.2, 0.25) is 11.8 Å². The number of ether oxygens (including phenoxy) is 1. The van der Waals surface area contributed by atoms with E-state index in [0.717, 1.165) is 19.3 Å². The zero-order chi connectivity index (χ0) is 17.2. The summed E-state index contributed by atoms with van der Waals surface area (Å²) in [6.07, 6.45) is 2.98. The number of benzene rings is 1. The SMILES string of the molecule is COC1(c2ccccc2)CCN(C(=O)CN2C(=O)CC[C@H]2C)CC1. The predicted octanol–water partition coefficient (Wildman–Crippen LogP) is 2.16. The van der Waals surface area contributed by atoms with E-state index < -0.39 is 0 Å². The van der Waals surface area contributed by atoms with Gasteiger partial charge in [0.1, 0.15) is 0 Å². The number of hydrogen-bond donors (Lipinski definition) is 0. The number of amides is 2. The Morgan fingerprint density at radius 1 is 1.25 bits per heavy atom. The van der Waals surface area contributed by atoms with Gasteiger partial charge in [-0.05, 0) is 31.7 Å². The van der Waals surface area contributed by atoms with Crippen molar-refractivity contribution in [1.29, 1.82) is 0 Å². The molecule has 1 atom stereocenters. The van der Waals surface area contributed by atoms with Gasteiger partial charge in [-0.2, -0.15) is 0 Å². The zero-order valence-corrected chi connectivity index (χ0v) is 14.5. The number of nitrogens with zero attached hydrogens (tertiary/aromatic N) is 2. The quantitative estimate of drug-likeness (QED) is 0.850. The van der Waals surface area contributed by atoms with Crippen molar-refractivity contribution < 1.29 is 14.3 Å². The highest BCUT2D eigenvalue weighted by molar-refractivity contribution is 5.86. The average molecular weight is 330 g/mol. The molecule has 0 saturated carbocycles. The highest BCUT2D eigenvalue weighted by Gasteiger charge is 2.38. The summed E-state index contributed by atoms with van der Waals surface area (Å²) in [5.41, 5.74) is 0.859. The predicted molar refractivity (Wildman–Crippen MR) is 91.4 cm³/mol. The number of methoxy groups -OCH3 is 1. The monoisotopic (exact) mass is 330 g/mol. The molecule has 2 amide bonds. The standard InChI is InChI=1S/C19H26N2O3/c1-15-8-9-17(22)21(15)14-18(23)20-12-10-19(24-2,11-13-20)16-6-4-3-5-7-16/h3-7,15H,8-14H2,1-2H3/t15-/m1/s1. The third-order valence-corrected chi connectivity index (χ3v) is 5.55. The lowest BCUT2D eigenvalue weighted by Crippen LogP contribution is -2.49. The molecule has 0 aromatic heterocycles. The molecule has 5 heteroatoms. The topological polar surface area (TPSA) is 49.9 Å². The van der Waals surface area contributed by atoms with Crippen LogP contribution in [0, 0.1) is 0 Å². The molecule has 2 heterocycles. The molecule has 130 valence electrons. The van der Waals surface area contributed by atoms with Gasteiger partial charge in [0.15, 0.2) is 0 Å². The van der Waals surface area contributed by atoms with Crippen molar-refractivity contribution in [2.45, 2.75) is 44.2 Å². The van der Waals surface area contributed by atoms with E-state index in [2.05, 4.69) is 12.1 Å². The summed E-state index contributed by atoms with van der Waals surface area (Å²) >= 11 is 0. The van der Waals surface area contributed by atoms with Crippen LogP contribution in [0.2, 0.25) is 0 Å². The number of piperidine rings is 1. The van der Waals surface area contributed by atoms with Crippen molar-refractivity contribution in [1.82, 2.24) is 9.80 Å². The highest BCUT2D eigenvalue weighted by atomic mass is 16.5. The van der Waals surface area contributed by atoms with Crippen LogP contribution in [0.25, 0.3) is 0 Å². The fraction of sp³-hybridized carbons (Fsp3) is 0.579. The minimum absolute atomic E-state index is 0.0508. The van der Waals surface area contributed by atoms with Gasteiger partial charge in [-0.3, -0.25) is 9.59 Å². The fourth-order valence-electron chi connectivity index (χ4n) is 3.84. The molecule has 3 rings (SSSR count). The van der Waals surface area contributed by atoms with Gasteiger partial charge < -0.3 is 14.5 Å². The van der Waals surface area contributed by atoms with Crippen LogP contribution >= 0.6 is 0 Å². The van der Waals surface area contributed by atoms with Crippen LogP contribution in [-0.4, -0.2) is 54.4 Å². The maximum Gasteiger partial charge on any atom is 0.242 e. The van der Waals surface area contributed by atoms with Crippen LogP contribution in [-0.2, 0) is 19.9 Å². The Balaban J connectivity index is 1.62. The Kier molecular flexibility index (Phi) is 4.90. The van der Waals surface area contributed by atoms with Crippen LogP contribution in [0.5, 0.6) is 0 Å². The molecule has 24 heavy (non-hydrogen) atoms. The van der Waals surface area contributed by atoms with E-state index in [0.29, 0.717) is 19.5 Å². The number of rotatable bonds is 4. The lowest BCUT2D eigenvalue weighted by Gasteiger charge is -2.41. The highest BCUT2D eigenvalue weighted by Crippen LogP contribution is 2.36. The van der Waals surface area contributed by atoms with Crippen molar-refractivity contribution in [2.24, 2.45) is 0 Å². The number of hydrogen-bond acceptors (Lipinski definition) is 3. The van der Waals surface area contributed by atoms with Gasteiger partial charge in [-0.15, -0.1) is 0 Å². The van der Waals surface area contributed by atoms with E-state index >= 15 is 0 Å². The zero-order valence-electron chi connectivity index (χ0n) is 14.5. The molecule has 2 aliphatic rings. The third kappa shape index (κ3) is 3.18. The Morgan fingerprint density at radius 3 is 2.46 bits per heavy atom. The largest absolute Gasteiger partial charge is 0.373 e. The summed E-state index contributed by atoms with van der Waals surface area (Å²) in [7, 11) is 1.75. The van der Waals surface area contributed by atoms with Crippen LogP contribution in [0.1, 0.15) is 38.2 Å². The Labute approximate surface area is 143 Å². The first-order valence-corrected chi connectivity index (χ1v) is 8.74. The minimum atomic E-state index is -0.311. The summed E-state index contributed by atoms with van der Waals surface area (Å²) in [5.74, 6) is 0.151. The number of carbonyl (C=O) groups excluding carboxylic acids is 2. The molecule has 0 aliphatic carbocycles. The molecule has 1 aromatic carbocycles. The second kappa shape index (κ2) is 6.93. The van der Waals surface area contributed by atoms with Gasteiger partial charge in [-0.25, -0.2) is 0 Å². The lowest BCUT2D eigenvalue weighted by atomic mass is 9.84. The molecule has 5 nitrogen and oxygen atoms in total. The van der Waals surface area contributed by atoms with E-state index in [1.165, 1.54) is 5.56 Å². The molecule has 0 radical (unpaired) electrons. The fourth-order valence-corrected chi connectivity index (χ4v) is 3.84. The van der Waals surface area contributed by atoms with E-state index in [9.17, 15) is 9.59 Å². The van der Waals surface area contributed by atoms with Crippen molar-refractivity contribution in [3.8, 4) is 0 Å². The van der Waals surface area contributed by atoms with E-state index in [1.54, 1.807) is 12.0 Å². The van der Waals surface area contributed by atoms with Crippen LogP contribution in [0.15, 0.2) is 30.3 Å². The Hall–Kier alpha value is -1.88. The van der Waals surface area contributed by atoms with Crippen LogP contribution < -0.4 is 0 Å². The molecule has 0 unspecified atom stereocenters. The van der Waals surface area contributed by atoms with Crippen LogP contribution in [0.3, 0.4) is 0 Å². The molecule has 2 aliphatic heterocycles. The van der Waals surface area contributed by atoms with Gasteiger partial charge in [0.25, 0.3) is 0 Å². The molecule has 0 N–H and O–H groups in total. The summed E-state index contributed by atoms with van der Waals surface area (Å²) in [4.78, 5) is 28.0. The van der Waals surface area contributed by atoms with Gasteiger partial charge in [0.05, 0.1) is 12.1 Å². The Morgan fingerprint density at radius 2 is 1.92 bits per heavy atom. The first kappa shape index (κ1) is 17.0. The van der Waals surface area contributed by atoms with E-state index in [1.807, 2.05) is 30.0 Å². The maximum absolute atomic E-state index is 12.6. The van der Waals surface area contributed by atoms with Gasteiger partial charge in [0, 0.05) is 32.7 Å². The normalized spacial score (nSPS) is 23.6. The minimum Gasteiger partial charge on any atom is -0.373 e. The molecular weight excluding hydrogens is 304 g/mol. The first-order valence-electron chi connectivity index (χ1n) is 8.74. The average Bonchev–Trinajstić information content (AvgIpc) is 2.94.